The third kappa shape index (κ3) is 5.56. The molecule has 1 aromatic heterocycles. The lowest BCUT2D eigenvalue weighted by atomic mass is 10.0. The largest absolute Gasteiger partial charge is 0.395 e. The first-order chi connectivity index (χ1) is 16.9. The molecule has 4 N–H and O–H groups in total. The van der Waals surface area contributed by atoms with Gasteiger partial charge in [0, 0.05) is 34.8 Å². The van der Waals surface area contributed by atoms with Crippen molar-refractivity contribution >= 4 is 23.5 Å². The van der Waals surface area contributed by atoms with Crippen LogP contribution in [0.15, 0.2) is 48.5 Å². The molecule has 1 aliphatic heterocycles. The second kappa shape index (κ2) is 11.0. The number of aliphatic hydroxyl groups excluding tert-OH is 2. The number of rotatable bonds is 7. The minimum absolute atomic E-state index is 0.000156. The molecule has 0 spiro atoms. The van der Waals surface area contributed by atoms with Gasteiger partial charge >= 0.3 is 6.03 Å². The number of aryl methyl sites for hydroxylation is 1. The quantitative estimate of drug-likeness (QED) is 0.296. The van der Waals surface area contributed by atoms with E-state index in [9.17, 15) is 15.0 Å². The van der Waals surface area contributed by atoms with Crippen molar-refractivity contribution < 1.29 is 15.0 Å². The average Bonchev–Trinajstić information content (AvgIpc) is 3.23. The minimum Gasteiger partial charge on any atom is -0.395 e. The number of urea groups is 1. The molecule has 9 heteroatoms. The van der Waals surface area contributed by atoms with Gasteiger partial charge in [-0.3, -0.25) is 10.3 Å². The van der Waals surface area contributed by atoms with Crippen LogP contribution in [0.1, 0.15) is 36.0 Å². The molecule has 1 unspecified atom stereocenters. The molecule has 0 fully saturated rings. The van der Waals surface area contributed by atoms with Crippen LogP contribution in [0.3, 0.4) is 0 Å². The van der Waals surface area contributed by atoms with Crippen LogP contribution in [0.4, 0.5) is 4.79 Å². The van der Waals surface area contributed by atoms with Crippen molar-refractivity contribution in [2.24, 2.45) is 0 Å². The predicted octanol–water partition coefficient (Wildman–Crippen LogP) is 3.60. The number of nitrogens with zero attached hydrogens (tertiary/aromatic N) is 3. The molecule has 3 aromatic rings. The van der Waals surface area contributed by atoms with Gasteiger partial charge in [0.25, 0.3) is 0 Å². The van der Waals surface area contributed by atoms with E-state index in [0.717, 1.165) is 28.9 Å². The molecule has 184 valence electrons. The number of halogens is 1. The van der Waals surface area contributed by atoms with Gasteiger partial charge in [-0.2, -0.15) is 0 Å². The Morgan fingerprint density at radius 3 is 2.74 bits per heavy atom. The highest BCUT2D eigenvalue weighted by Crippen LogP contribution is 2.30. The number of amidine groups is 1. The maximum atomic E-state index is 13.1. The highest BCUT2D eigenvalue weighted by molar-refractivity contribution is 6.30. The number of benzene rings is 2. The molecule has 8 nitrogen and oxygen atoms in total. The topological polar surface area (TPSA) is 114 Å². The number of hydrogen-bond donors (Lipinski definition) is 4. The van der Waals surface area contributed by atoms with Crippen molar-refractivity contribution in [3.8, 4) is 11.3 Å². The standard InChI is InChI=1S/C26H30ClN5O3/c1-2-17-6-8-18(9-7-17)25(28)32(12-13-33)26(35)29-16-23-30-24(19-4-3-5-20(27)14-19)22-15-21(34)10-11-31(22)23/h3-9,14,21,28,33-34H,2,10-13,15-16H2,1H3,(H,29,35). The van der Waals surface area contributed by atoms with Crippen LogP contribution < -0.4 is 5.32 Å². The van der Waals surface area contributed by atoms with Crippen molar-refractivity contribution in [1.82, 2.24) is 19.8 Å². The molecular formula is C26H30ClN5O3. The van der Waals surface area contributed by atoms with Crippen LogP contribution in [0, 0.1) is 5.41 Å². The lowest BCUT2D eigenvalue weighted by Crippen LogP contribution is -2.45. The van der Waals surface area contributed by atoms with E-state index in [4.69, 9.17) is 22.0 Å². The van der Waals surface area contributed by atoms with Gasteiger partial charge in [0.1, 0.15) is 11.7 Å². The normalized spacial score (nSPS) is 14.9. The second-order valence-electron chi connectivity index (χ2n) is 8.56. The zero-order valence-corrected chi connectivity index (χ0v) is 20.4. The zero-order chi connectivity index (χ0) is 24.9. The summed E-state index contributed by atoms with van der Waals surface area (Å²) in [5.74, 6) is 0.685. The predicted molar refractivity (Wildman–Crippen MR) is 136 cm³/mol. The summed E-state index contributed by atoms with van der Waals surface area (Å²) in [6, 6.07) is 14.4. The van der Waals surface area contributed by atoms with E-state index in [-0.39, 0.29) is 25.5 Å². The molecule has 0 radical (unpaired) electrons. The molecule has 2 amide bonds. The molecule has 0 saturated heterocycles. The fourth-order valence-corrected chi connectivity index (χ4v) is 4.52. The maximum absolute atomic E-state index is 13.1. The first-order valence-electron chi connectivity index (χ1n) is 11.8. The van der Waals surface area contributed by atoms with E-state index in [1.54, 1.807) is 6.07 Å². The molecule has 2 aromatic carbocycles. The number of imidazole rings is 1. The van der Waals surface area contributed by atoms with Gasteiger partial charge in [-0.15, -0.1) is 0 Å². The molecule has 1 aliphatic rings. The number of carbonyl (C=O) groups is 1. The summed E-state index contributed by atoms with van der Waals surface area (Å²) in [7, 11) is 0. The fourth-order valence-electron chi connectivity index (χ4n) is 4.33. The Hall–Kier alpha value is -3.20. The SMILES string of the molecule is CCc1ccc(C(=N)N(CCO)C(=O)NCc2nc(-c3cccc(Cl)c3)c3n2CCC(O)C3)cc1. The van der Waals surface area contributed by atoms with Crippen molar-refractivity contribution in [2.75, 3.05) is 13.2 Å². The van der Waals surface area contributed by atoms with Crippen LogP contribution in [0.2, 0.25) is 5.02 Å². The lowest BCUT2D eigenvalue weighted by Gasteiger charge is -2.24. The Labute approximate surface area is 209 Å². The third-order valence-corrected chi connectivity index (χ3v) is 6.47. The van der Waals surface area contributed by atoms with Crippen LogP contribution in [0.25, 0.3) is 11.3 Å². The van der Waals surface area contributed by atoms with E-state index in [0.29, 0.717) is 35.8 Å². The molecule has 0 saturated carbocycles. The maximum Gasteiger partial charge on any atom is 0.323 e. The van der Waals surface area contributed by atoms with E-state index in [1.165, 1.54) is 4.90 Å². The van der Waals surface area contributed by atoms with E-state index in [2.05, 4.69) is 12.2 Å². The van der Waals surface area contributed by atoms with Crippen LogP contribution in [-0.4, -0.2) is 55.8 Å². The van der Waals surface area contributed by atoms with Crippen LogP contribution >= 0.6 is 11.6 Å². The number of amides is 2. The molecule has 0 aliphatic carbocycles. The number of carbonyl (C=O) groups excluding carboxylic acids is 1. The van der Waals surface area contributed by atoms with Gasteiger partial charge in [-0.25, -0.2) is 9.78 Å². The highest BCUT2D eigenvalue weighted by atomic mass is 35.5. The molecule has 2 heterocycles. The van der Waals surface area contributed by atoms with Crippen molar-refractivity contribution in [3.05, 3.63) is 76.2 Å². The Balaban J connectivity index is 1.55. The van der Waals surface area contributed by atoms with Crippen molar-refractivity contribution in [1.29, 1.82) is 5.41 Å². The fraction of sp³-hybridized carbons (Fsp3) is 0.346. The summed E-state index contributed by atoms with van der Waals surface area (Å²) in [4.78, 5) is 19.1. The molecule has 0 bridgehead atoms. The van der Waals surface area contributed by atoms with Gasteiger partial charge in [0.2, 0.25) is 0 Å². The molecular weight excluding hydrogens is 466 g/mol. The monoisotopic (exact) mass is 495 g/mol. The second-order valence-corrected chi connectivity index (χ2v) is 9.00. The minimum atomic E-state index is -0.485. The summed E-state index contributed by atoms with van der Waals surface area (Å²) >= 11 is 6.19. The highest BCUT2D eigenvalue weighted by Gasteiger charge is 2.26. The van der Waals surface area contributed by atoms with Crippen LogP contribution in [0.5, 0.6) is 0 Å². The van der Waals surface area contributed by atoms with Gasteiger partial charge in [0.05, 0.1) is 31.5 Å². The summed E-state index contributed by atoms with van der Waals surface area (Å²) in [6.45, 7) is 2.53. The molecule has 35 heavy (non-hydrogen) atoms. The first-order valence-corrected chi connectivity index (χ1v) is 12.2. The summed E-state index contributed by atoms with van der Waals surface area (Å²) in [6.07, 6.45) is 1.52. The van der Waals surface area contributed by atoms with E-state index in [1.807, 2.05) is 47.0 Å². The van der Waals surface area contributed by atoms with Gasteiger partial charge in [-0.05, 0) is 30.5 Å². The van der Waals surface area contributed by atoms with Gasteiger partial charge in [-0.1, -0.05) is 54.9 Å². The summed E-state index contributed by atoms with van der Waals surface area (Å²) in [5, 5.41) is 31.8. The first kappa shape index (κ1) is 24.9. The Kier molecular flexibility index (Phi) is 7.85. The summed E-state index contributed by atoms with van der Waals surface area (Å²) < 4.78 is 2.04. The zero-order valence-electron chi connectivity index (χ0n) is 19.7. The van der Waals surface area contributed by atoms with Crippen molar-refractivity contribution in [2.45, 2.75) is 45.4 Å². The summed E-state index contributed by atoms with van der Waals surface area (Å²) in [5.41, 5.74) is 4.25. The number of hydrogen-bond acceptors (Lipinski definition) is 5. The lowest BCUT2D eigenvalue weighted by molar-refractivity contribution is 0.143. The number of fused-ring (bicyclic) bond motifs is 1. The van der Waals surface area contributed by atoms with Gasteiger partial charge < -0.3 is 20.1 Å². The Bertz CT molecular complexity index is 1210. The number of aromatic nitrogens is 2. The third-order valence-electron chi connectivity index (χ3n) is 6.24. The smallest absolute Gasteiger partial charge is 0.323 e. The molecule has 4 rings (SSSR count). The molecule has 1 atom stereocenters. The average molecular weight is 496 g/mol. The van der Waals surface area contributed by atoms with E-state index >= 15 is 0 Å². The number of aliphatic hydroxyl groups is 2. The van der Waals surface area contributed by atoms with Gasteiger partial charge in [0.15, 0.2) is 0 Å². The Morgan fingerprint density at radius 1 is 1.29 bits per heavy atom. The van der Waals surface area contributed by atoms with Crippen LogP contribution in [-0.2, 0) is 25.9 Å². The van der Waals surface area contributed by atoms with E-state index < -0.39 is 12.1 Å². The number of nitrogens with one attached hydrogen (secondary N) is 2. The van der Waals surface area contributed by atoms with Crippen molar-refractivity contribution in [3.63, 3.8) is 0 Å². The Morgan fingerprint density at radius 2 is 2.06 bits per heavy atom.